The lowest BCUT2D eigenvalue weighted by molar-refractivity contribution is 0.0691. The second-order valence-corrected chi connectivity index (χ2v) is 3.99. The van der Waals surface area contributed by atoms with E-state index in [2.05, 4.69) is 15.9 Å². The largest absolute Gasteiger partial charge is 0.497 e. The third kappa shape index (κ3) is 2.88. The fraction of sp³-hybridized carbons (Fsp3) is 0.364. The van der Waals surface area contributed by atoms with Crippen LogP contribution in [0.5, 0.6) is 11.5 Å². The molecular weight excluding hydrogens is 276 g/mol. The lowest BCUT2D eigenvalue weighted by Gasteiger charge is -2.12. The van der Waals surface area contributed by atoms with Gasteiger partial charge in [0.1, 0.15) is 17.1 Å². The number of hydrogen-bond acceptors (Lipinski definition) is 3. The summed E-state index contributed by atoms with van der Waals surface area (Å²) in [7, 11) is 1.49. The number of benzene rings is 1. The molecule has 5 heteroatoms. The minimum Gasteiger partial charge on any atom is -0.497 e. The Labute approximate surface area is 102 Å². The number of carbonyl (C=O) groups is 1. The molecule has 16 heavy (non-hydrogen) atoms. The Kier molecular flexibility index (Phi) is 4.61. The van der Waals surface area contributed by atoms with E-state index in [4.69, 9.17) is 14.6 Å². The Morgan fingerprint density at radius 2 is 2.19 bits per heavy atom. The minimum absolute atomic E-state index is 0.0969. The SMILES string of the molecule is CCCOc1c(Br)cc(OC)cc1C(=O)O. The maximum atomic E-state index is 11.0. The Bertz CT molecular complexity index is 390. The van der Waals surface area contributed by atoms with Crippen molar-refractivity contribution in [2.75, 3.05) is 13.7 Å². The first-order valence-corrected chi connectivity index (χ1v) is 5.63. The molecule has 88 valence electrons. The van der Waals surface area contributed by atoms with Crippen molar-refractivity contribution in [1.82, 2.24) is 0 Å². The van der Waals surface area contributed by atoms with E-state index in [0.717, 1.165) is 6.42 Å². The molecule has 0 aliphatic heterocycles. The lowest BCUT2D eigenvalue weighted by Crippen LogP contribution is -2.05. The molecule has 0 spiro atoms. The van der Waals surface area contributed by atoms with E-state index in [1.165, 1.54) is 13.2 Å². The number of halogens is 1. The van der Waals surface area contributed by atoms with E-state index >= 15 is 0 Å². The summed E-state index contributed by atoms with van der Waals surface area (Å²) in [5, 5.41) is 9.05. The Morgan fingerprint density at radius 1 is 1.50 bits per heavy atom. The first-order chi connectivity index (χ1) is 7.60. The first-order valence-electron chi connectivity index (χ1n) is 4.83. The molecule has 0 amide bonds. The molecule has 0 saturated carbocycles. The summed E-state index contributed by atoms with van der Waals surface area (Å²) in [5.41, 5.74) is 0.0969. The van der Waals surface area contributed by atoms with Crippen molar-refractivity contribution in [2.45, 2.75) is 13.3 Å². The molecule has 0 radical (unpaired) electrons. The number of rotatable bonds is 5. The number of methoxy groups -OCH3 is 1. The van der Waals surface area contributed by atoms with Crippen LogP contribution >= 0.6 is 15.9 Å². The predicted octanol–water partition coefficient (Wildman–Crippen LogP) is 2.94. The molecule has 0 saturated heterocycles. The summed E-state index contributed by atoms with van der Waals surface area (Å²) in [6.07, 6.45) is 0.817. The molecule has 0 aliphatic rings. The number of hydrogen-bond donors (Lipinski definition) is 1. The molecular formula is C11H13BrO4. The van der Waals surface area contributed by atoms with Crippen molar-refractivity contribution in [2.24, 2.45) is 0 Å². The highest BCUT2D eigenvalue weighted by atomic mass is 79.9. The standard InChI is InChI=1S/C11H13BrO4/c1-3-4-16-10-8(11(13)14)5-7(15-2)6-9(10)12/h5-6H,3-4H2,1-2H3,(H,13,14). The normalized spacial score (nSPS) is 9.94. The van der Waals surface area contributed by atoms with E-state index in [1.54, 1.807) is 6.07 Å². The van der Waals surface area contributed by atoms with Crippen LogP contribution in [0.15, 0.2) is 16.6 Å². The van der Waals surface area contributed by atoms with E-state index < -0.39 is 5.97 Å². The van der Waals surface area contributed by atoms with Crippen molar-refractivity contribution >= 4 is 21.9 Å². The van der Waals surface area contributed by atoms with Crippen LogP contribution in [0.3, 0.4) is 0 Å². The molecule has 1 N–H and O–H groups in total. The van der Waals surface area contributed by atoms with Gasteiger partial charge in [0.2, 0.25) is 0 Å². The molecule has 0 unspecified atom stereocenters. The highest BCUT2D eigenvalue weighted by Crippen LogP contribution is 2.33. The van der Waals surface area contributed by atoms with Gasteiger partial charge >= 0.3 is 5.97 Å². The van der Waals surface area contributed by atoms with Gasteiger partial charge in [-0.3, -0.25) is 0 Å². The fourth-order valence-electron chi connectivity index (χ4n) is 1.20. The van der Waals surface area contributed by atoms with Crippen molar-refractivity contribution in [3.8, 4) is 11.5 Å². The molecule has 0 bridgehead atoms. The summed E-state index contributed by atoms with van der Waals surface area (Å²) < 4.78 is 11.0. The molecule has 1 aromatic carbocycles. The molecule has 0 atom stereocenters. The summed E-state index contributed by atoms with van der Waals surface area (Å²) >= 11 is 3.27. The van der Waals surface area contributed by atoms with E-state index in [1.807, 2.05) is 6.92 Å². The van der Waals surface area contributed by atoms with Gasteiger partial charge in [0, 0.05) is 0 Å². The van der Waals surface area contributed by atoms with Gasteiger partial charge in [-0.05, 0) is 34.5 Å². The highest BCUT2D eigenvalue weighted by Gasteiger charge is 2.16. The van der Waals surface area contributed by atoms with Crippen LogP contribution in [0.25, 0.3) is 0 Å². The Hall–Kier alpha value is -1.23. The maximum Gasteiger partial charge on any atom is 0.339 e. The summed E-state index contributed by atoms with van der Waals surface area (Å²) in [5.74, 6) is -0.214. The molecule has 4 nitrogen and oxygen atoms in total. The van der Waals surface area contributed by atoms with Gasteiger partial charge in [0.05, 0.1) is 18.2 Å². The molecule has 0 heterocycles. The Morgan fingerprint density at radius 3 is 2.69 bits per heavy atom. The van der Waals surface area contributed by atoms with Crippen LogP contribution in [-0.2, 0) is 0 Å². The first kappa shape index (κ1) is 12.8. The van der Waals surface area contributed by atoms with Gasteiger partial charge in [-0.25, -0.2) is 4.79 Å². The van der Waals surface area contributed by atoms with Gasteiger partial charge in [-0.1, -0.05) is 6.92 Å². The van der Waals surface area contributed by atoms with Crippen molar-refractivity contribution in [3.05, 3.63) is 22.2 Å². The second kappa shape index (κ2) is 5.75. The average molecular weight is 289 g/mol. The summed E-state index contributed by atoms with van der Waals surface area (Å²) in [6.45, 7) is 2.43. The number of aromatic carboxylic acids is 1. The summed E-state index contributed by atoms with van der Waals surface area (Å²) in [4.78, 5) is 11.0. The highest BCUT2D eigenvalue weighted by molar-refractivity contribution is 9.10. The average Bonchev–Trinajstić information content (AvgIpc) is 2.26. The van der Waals surface area contributed by atoms with Crippen LogP contribution in [0.2, 0.25) is 0 Å². The van der Waals surface area contributed by atoms with Crippen LogP contribution < -0.4 is 9.47 Å². The number of carboxylic acids is 1. The molecule has 1 aromatic rings. The number of carboxylic acid groups (broad SMARTS) is 1. The predicted molar refractivity (Wildman–Crippen MR) is 63.4 cm³/mol. The molecule has 0 aromatic heterocycles. The molecule has 0 aliphatic carbocycles. The van der Waals surface area contributed by atoms with Crippen LogP contribution in [0.4, 0.5) is 0 Å². The minimum atomic E-state index is -1.04. The zero-order valence-electron chi connectivity index (χ0n) is 9.12. The zero-order chi connectivity index (χ0) is 12.1. The zero-order valence-corrected chi connectivity index (χ0v) is 10.7. The van der Waals surface area contributed by atoms with Gasteiger partial charge in [-0.2, -0.15) is 0 Å². The van der Waals surface area contributed by atoms with E-state index in [0.29, 0.717) is 22.6 Å². The van der Waals surface area contributed by atoms with Crippen molar-refractivity contribution in [1.29, 1.82) is 0 Å². The van der Waals surface area contributed by atoms with E-state index in [-0.39, 0.29) is 5.56 Å². The smallest absolute Gasteiger partial charge is 0.339 e. The fourth-order valence-corrected chi connectivity index (χ4v) is 1.75. The van der Waals surface area contributed by atoms with Crippen LogP contribution in [0, 0.1) is 0 Å². The maximum absolute atomic E-state index is 11.0. The second-order valence-electron chi connectivity index (χ2n) is 3.14. The van der Waals surface area contributed by atoms with Crippen LogP contribution in [-0.4, -0.2) is 24.8 Å². The third-order valence-corrected chi connectivity index (χ3v) is 2.52. The van der Waals surface area contributed by atoms with Gasteiger partial charge in [0.25, 0.3) is 0 Å². The lowest BCUT2D eigenvalue weighted by atomic mass is 10.2. The van der Waals surface area contributed by atoms with Crippen molar-refractivity contribution < 1.29 is 19.4 Å². The van der Waals surface area contributed by atoms with Crippen LogP contribution in [0.1, 0.15) is 23.7 Å². The van der Waals surface area contributed by atoms with E-state index in [9.17, 15) is 4.79 Å². The summed E-state index contributed by atoms with van der Waals surface area (Å²) in [6, 6.07) is 3.12. The quantitative estimate of drug-likeness (QED) is 0.905. The third-order valence-electron chi connectivity index (χ3n) is 1.93. The van der Waals surface area contributed by atoms with Gasteiger partial charge < -0.3 is 14.6 Å². The monoisotopic (exact) mass is 288 g/mol. The number of ether oxygens (including phenoxy) is 2. The molecule has 0 fully saturated rings. The van der Waals surface area contributed by atoms with Gasteiger partial charge in [0.15, 0.2) is 0 Å². The molecule has 1 rings (SSSR count). The topological polar surface area (TPSA) is 55.8 Å². The van der Waals surface area contributed by atoms with Gasteiger partial charge in [-0.15, -0.1) is 0 Å². The van der Waals surface area contributed by atoms with Crippen molar-refractivity contribution in [3.63, 3.8) is 0 Å². The Balaban J connectivity index is 3.17.